The number of benzene rings is 1. The predicted octanol–water partition coefficient (Wildman–Crippen LogP) is 3.54. The zero-order valence-corrected chi connectivity index (χ0v) is 11.9. The van der Waals surface area contributed by atoms with Crippen molar-refractivity contribution in [3.05, 3.63) is 56.5 Å². The van der Waals surface area contributed by atoms with E-state index >= 15 is 0 Å². The molecule has 102 valence electrons. The SMILES string of the molecule is N#Cc1cc(F)cc(CNCc2cc3c(s2)CCC3)c1. The second-order valence-corrected chi connectivity index (χ2v) is 6.30. The highest BCUT2D eigenvalue weighted by Crippen LogP contribution is 2.30. The normalized spacial score (nSPS) is 13.2. The molecule has 0 saturated carbocycles. The van der Waals surface area contributed by atoms with Gasteiger partial charge in [0.25, 0.3) is 0 Å². The molecule has 1 aliphatic rings. The summed E-state index contributed by atoms with van der Waals surface area (Å²) in [5.41, 5.74) is 2.69. The quantitative estimate of drug-likeness (QED) is 0.933. The van der Waals surface area contributed by atoms with Crippen LogP contribution in [0.5, 0.6) is 0 Å². The summed E-state index contributed by atoms with van der Waals surface area (Å²) < 4.78 is 13.3. The van der Waals surface area contributed by atoms with E-state index in [0.29, 0.717) is 12.1 Å². The average Bonchev–Trinajstić information content (AvgIpc) is 2.99. The van der Waals surface area contributed by atoms with Crippen LogP contribution in [0.1, 0.15) is 32.9 Å². The summed E-state index contributed by atoms with van der Waals surface area (Å²) in [6.45, 7) is 1.38. The van der Waals surface area contributed by atoms with Crippen LogP contribution in [-0.2, 0) is 25.9 Å². The van der Waals surface area contributed by atoms with E-state index in [1.807, 2.05) is 17.4 Å². The molecule has 0 atom stereocenters. The highest BCUT2D eigenvalue weighted by Gasteiger charge is 2.14. The molecule has 2 aromatic rings. The zero-order chi connectivity index (χ0) is 13.9. The number of aryl methyl sites for hydroxylation is 2. The lowest BCUT2D eigenvalue weighted by Crippen LogP contribution is -2.12. The molecular formula is C16H15FN2S. The van der Waals surface area contributed by atoms with Gasteiger partial charge in [0, 0.05) is 22.8 Å². The highest BCUT2D eigenvalue weighted by molar-refractivity contribution is 7.12. The summed E-state index contributed by atoms with van der Waals surface area (Å²) in [5.74, 6) is -0.351. The van der Waals surface area contributed by atoms with Gasteiger partial charge in [0.1, 0.15) is 5.82 Å². The molecule has 0 radical (unpaired) electrons. The number of halogens is 1. The van der Waals surface area contributed by atoms with Crippen LogP contribution >= 0.6 is 11.3 Å². The second-order valence-electron chi connectivity index (χ2n) is 5.08. The fourth-order valence-electron chi connectivity index (χ4n) is 2.62. The summed E-state index contributed by atoms with van der Waals surface area (Å²) in [5, 5.41) is 12.1. The maximum Gasteiger partial charge on any atom is 0.124 e. The molecule has 1 aromatic carbocycles. The first kappa shape index (κ1) is 13.3. The van der Waals surface area contributed by atoms with Crippen LogP contribution in [0.4, 0.5) is 4.39 Å². The van der Waals surface area contributed by atoms with Crippen LogP contribution in [0.3, 0.4) is 0 Å². The van der Waals surface area contributed by atoms with Gasteiger partial charge in [0.05, 0.1) is 11.6 Å². The number of nitrogens with one attached hydrogen (secondary N) is 1. The molecule has 0 bridgehead atoms. The Balaban J connectivity index is 1.59. The molecule has 20 heavy (non-hydrogen) atoms. The van der Waals surface area contributed by atoms with E-state index in [4.69, 9.17) is 5.26 Å². The van der Waals surface area contributed by atoms with Crippen molar-refractivity contribution in [3.8, 4) is 6.07 Å². The number of rotatable bonds is 4. The van der Waals surface area contributed by atoms with Crippen molar-refractivity contribution in [2.24, 2.45) is 0 Å². The van der Waals surface area contributed by atoms with Gasteiger partial charge in [-0.25, -0.2) is 4.39 Å². The molecule has 0 fully saturated rings. The number of hydrogen-bond acceptors (Lipinski definition) is 3. The average molecular weight is 286 g/mol. The molecule has 1 aromatic heterocycles. The van der Waals surface area contributed by atoms with E-state index in [-0.39, 0.29) is 5.82 Å². The Kier molecular flexibility index (Phi) is 3.81. The van der Waals surface area contributed by atoms with Crippen LogP contribution in [0.25, 0.3) is 0 Å². The van der Waals surface area contributed by atoms with E-state index in [1.54, 1.807) is 6.07 Å². The number of nitrogens with zero attached hydrogens (tertiary/aromatic N) is 1. The third-order valence-electron chi connectivity index (χ3n) is 3.51. The minimum Gasteiger partial charge on any atom is -0.308 e. The minimum absolute atomic E-state index is 0.351. The van der Waals surface area contributed by atoms with Gasteiger partial charge in [-0.15, -0.1) is 11.3 Å². The Morgan fingerprint density at radius 2 is 2.10 bits per heavy atom. The molecule has 4 heteroatoms. The van der Waals surface area contributed by atoms with Gasteiger partial charge in [-0.05, 0) is 54.7 Å². The first-order valence-electron chi connectivity index (χ1n) is 6.75. The van der Waals surface area contributed by atoms with Crippen LogP contribution < -0.4 is 5.32 Å². The number of fused-ring (bicyclic) bond motifs is 1. The van der Waals surface area contributed by atoms with Gasteiger partial charge in [-0.2, -0.15) is 5.26 Å². The molecule has 2 nitrogen and oxygen atoms in total. The number of nitriles is 1. The number of hydrogen-bond donors (Lipinski definition) is 1. The van der Waals surface area contributed by atoms with Crippen LogP contribution in [0.2, 0.25) is 0 Å². The summed E-state index contributed by atoms with van der Waals surface area (Å²) in [6, 6.07) is 8.72. The predicted molar refractivity (Wildman–Crippen MR) is 78.0 cm³/mol. The van der Waals surface area contributed by atoms with Crippen molar-refractivity contribution in [2.45, 2.75) is 32.4 Å². The van der Waals surface area contributed by atoms with Crippen molar-refractivity contribution < 1.29 is 4.39 Å². The third kappa shape index (κ3) is 2.90. The van der Waals surface area contributed by atoms with Gasteiger partial charge in [0.15, 0.2) is 0 Å². The lowest BCUT2D eigenvalue weighted by molar-refractivity contribution is 0.620. The molecule has 0 unspecified atom stereocenters. The van der Waals surface area contributed by atoms with Crippen LogP contribution in [0.15, 0.2) is 24.3 Å². The van der Waals surface area contributed by atoms with Gasteiger partial charge in [0.2, 0.25) is 0 Å². The van der Waals surface area contributed by atoms with E-state index in [1.165, 1.54) is 46.7 Å². The Morgan fingerprint density at radius 3 is 2.90 bits per heavy atom. The van der Waals surface area contributed by atoms with Gasteiger partial charge >= 0.3 is 0 Å². The molecule has 0 amide bonds. The maximum atomic E-state index is 13.3. The molecule has 1 aliphatic carbocycles. The monoisotopic (exact) mass is 286 g/mol. The smallest absolute Gasteiger partial charge is 0.124 e. The fourth-order valence-corrected chi connectivity index (χ4v) is 3.86. The van der Waals surface area contributed by atoms with Gasteiger partial charge in [-0.3, -0.25) is 0 Å². The molecule has 0 aliphatic heterocycles. The lowest BCUT2D eigenvalue weighted by Gasteiger charge is -2.04. The minimum atomic E-state index is -0.351. The maximum absolute atomic E-state index is 13.3. The van der Waals surface area contributed by atoms with E-state index < -0.39 is 0 Å². The summed E-state index contributed by atoms with van der Waals surface area (Å²) in [7, 11) is 0. The second kappa shape index (κ2) is 5.74. The molecule has 3 rings (SSSR count). The van der Waals surface area contributed by atoms with Crippen molar-refractivity contribution in [1.29, 1.82) is 5.26 Å². The van der Waals surface area contributed by atoms with Gasteiger partial charge in [-0.1, -0.05) is 0 Å². The van der Waals surface area contributed by atoms with Crippen molar-refractivity contribution in [3.63, 3.8) is 0 Å². The number of thiophene rings is 1. The fraction of sp³-hybridized carbons (Fsp3) is 0.312. The van der Waals surface area contributed by atoms with Crippen molar-refractivity contribution >= 4 is 11.3 Å². The van der Waals surface area contributed by atoms with Crippen molar-refractivity contribution in [2.75, 3.05) is 0 Å². The summed E-state index contributed by atoms with van der Waals surface area (Å²) in [4.78, 5) is 2.87. The third-order valence-corrected chi connectivity index (χ3v) is 4.75. The first-order valence-corrected chi connectivity index (χ1v) is 7.57. The van der Waals surface area contributed by atoms with E-state index in [2.05, 4.69) is 11.4 Å². The van der Waals surface area contributed by atoms with Gasteiger partial charge < -0.3 is 5.32 Å². The van der Waals surface area contributed by atoms with Crippen LogP contribution in [-0.4, -0.2) is 0 Å². The zero-order valence-electron chi connectivity index (χ0n) is 11.1. The molecule has 0 saturated heterocycles. The topological polar surface area (TPSA) is 35.8 Å². The molecular weight excluding hydrogens is 271 g/mol. The Bertz CT molecular complexity index is 648. The summed E-state index contributed by atoms with van der Waals surface area (Å²) >= 11 is 1.88. The van der Waals surface area contributed by atoms with Crippen molar-refractivity contribution in [1.82, 2.24) is 5.32 Å². The largest absolute Gasteiger partial charge is 0.308 e. The Morgan fingerprint density at radius 1 is 1.20 bits per heavy atom. The lowest BCUT2D eigenvalue weighted by atomic mass is 10.1. The van der Waals surface area contributed by atoms with E-state index in [9.17, 15) is 4.39 Å². The Hall–Kier alpha value is -1.70. The standard InChI is InChI=1S/C16H15FN2S/c17-14-5-11(8-18)4-12(6-14)9-19-10-15-7-13-2-1-3-16(13)20-15/h4-7,19H,1-3,9-10H2. The Labute approximate surface area is 121 Å². The highest BCUT2D eigenvalue weighted by atomic mass is 32.1. The molecule has 1 N–H and O–H groups in total. The summed E-state index contributed by atoms with van der Waals surface area (Å²) in [6.07, 6.45) is 3.71. The molecule has 1 heterocycles. The molecule has 0 spiro atoms. The first-order chi connectivity index (χ1) is 9.74. The van der Waals surface area contributed by atoms with E-state index in [0.717, 1.165) is 12.1 Å². The van der Waals surface area contributed by atoms with Crippen LogP contribution in [0, 0.1) is 17.1 Å².